The van der Waals surface area contributed by atoms with Crippen molar-refractivity contribution in [1.82, 2.24) is 0 Å². The van der Waals surface area contributed by atoms with Gasteiger partial charge in [-0.05, 0) is 54.9 Å². The second-order valence-electron chi connectivity index (χ2n) is 8.15. The lowest BCUT2D eigenvalue weighted by atomic mass is 9.86. The fourth-order valence-electron chi connectivity index (χ4n) is 4.82. The van der Waals surface area contributed by atoms with Gasteiger partial charge in [-0.15, -0.1) is 0 Å². The van der Waals surface area contributed by atoms with E-state index in [0.717, 1.165) is 0 Å². The molecule has 0 N–H and O–H groups in total. The molecule has 0 aromatic heterocycles. The number of benzene rings is 6. The summed E-state index contributed by atoms with van der Waals surface area (Å²) >= 11 is 0. The molecule has 6 aromatic rings. The Balaban J connectivity index is 1.65. The zero-order valence-electron chi connectivity index (χ0n) is 17.7. The Morgan fingerprint density at radius 3 is 0.938 bits per heavy atom. The van der Waals surface area contributed by atoms with Gasteiger partial charge >= 0.3 is 0 Å². The predicted octanol–water partition coefficient (Wildman–Crippen LogP) is 8.99. The van der Waals surface area contributed by atoms with Crippen molar-refractivity contribution in [2.45, 2.75) is 0 Å². The smallest absolute Gasteiger partial charge is 0.00264 e. The first-order valence-electron chi connectivity index (χ1n) is 11.0. The SMILES string of the molecule is c1ccc(-c2ccc(-c3c4ccccc4c(-c4ccccc4)c4ccccc34)cc2)cc1. The molecule has 0 saturated heterocycles. The van der Waals surface area contributed by atoms with E-state index in [1.807, 2.05) is 0 Å². The molecular weight excluding hydrogens is 384 g/mol. The first-order valence-corrected chi connectivity index (χ1v) is 11.0. The molecule has 0 fully saturated rings. The minimum Gasteiger partial charge on any atom is -0.0622 e. The van der Waals surface area contributed by atoms with Crippen LogP contribution in [0, 0.1) is 0 Å². The van der Waals surface area contributed by atoms with Crippen LogP contribution in [-0.2, 0) is 0 Å². The molecule has 150 valence electrons. The molecule has 32 heavy (non-hydrogen) atoms. The van der Waals surface area contributed by atoms with Crippen LogP contribution < -0.4 is 0 Å². The standard InChI is InChI=1S/C32H22/c1-3-11-23(12-4-1)24-19-21-26(22-20-24)32-29-17-9-7-15-27(29)31(25-13-5-2-6-14-25)28-16-8-10-18-30(28)32/h1-22H. The van der Waals surface area contributed by atoms with Crippen LogP contribution >= 0.6 is 0 Å². The molecule has 0 aliphatic heterocycles. The Kier molecular flexibility index (Phi) is 4.55. The zero-order chi connectivity index (χ0) is 21.3. The van der Waals surface area contributed by atoms with Gasteiger partial charge in [-0.2, -0.15) is 0 Å². The molecule has 0 heterocycles. The average molecular weight is 407 g/mol. The highest BCUT2D eigenvalue weighted by Gasteiger charge is 2.16. The largest absolute Gasteiger partial charge is 0.0622 e. The van der Waals surface area contributed by atoms with Crippen molar-refractivity contribution in [3.8, 4) is 33.4 Å². The maximum Gasteiger partial charge on any atom is -0.00264 e. The maximum atomic E-state index is 2.26. The minimum atomic E-state index is 1.24. The molecule has 0 aliphatic rings. The van der Waals surface area contributed by atoms with E-state index in [-0.39, 0.29) is 0 Å². The average Bonchev–Trinajstić information content (AvgIpc) is 2.88. The Labute approximate surface area is 188 Å². The van der Waals surface area contributed by atoms with E-state index < -0.39 is 0 Å². The van der Waals surface area contributed by atoms with Gasteiger partial charge in [0, 0.05) is 0 Å². The summed E-state index contributed by atoms with van der Waals surface area (Å²) in [6.45, 7) is 0. The van der Waals surface area contributed by atoms with Gasteiger partial charge in [0.25, 0.3) is 0 Å². The third kappa shape index (κ3) is 3.09. The van der Waals surface area contributed by atoms with E-state index in [2.05, 4.69) is 133 Å². The van der Waals surface area contributed by atoms with Gasteiger partial charge in [0.05, 0.1) is 0 Å². The van der Waals surface area contributed by atoms with Gasteiger partial charge in [0.1, 0.15) is 0 Å². The number of hydrogen-bond donors (Lipinski definition) is 0. The van der Waals surface area contributed by atoms with E-state index in [9.17, 15) is 0 Å². The molecule has 0 unspecified atom stereocenters. The quantitative estimate of drug-likeness (QED) is 0.257. The summed E-state index contributed by atoms with van der Waals surface area (Å²) in [4.78, 5) is 0. The molecule has 0 atom stereocenters. The first-order chi connectivity index (χ1) is 15.9. The van der Waals surface area contributed by atoms with Crippen molar-refractivity contribution in [2.75, 3.05) is 0 Å². The maximum absolute atomic E-state index is 2.26. The van der Waals surface area contributed by atoms with Crippen LogP contribution in [0.5, 0.6) is 0 Å². The Bertz CT molecular complexity index is 1470. The molecule has 0 radical (unpaired) electrons. The summed E-state index contributed by atoms with van der Waals surface area (Å²) in [5.41, 5.74) is 7.59. The van der Waals surface area contributed by atoms with Gasteiger partial charge in [-0.1, -0.05) is 133 Å². The lowest BCUT2D eigenvalue weighted by Gasteiger charge is -2.18. The lowest BCUT2D eigenvalue weighted by Crippen LogP contribution is -1.90. The van der Waals surface area contributed by atoms with Crippen LogP contribution in [0.2, 0.25) is 0 Å². The van der Waals surface area contributed by atoms with Crippen molar-refractivity contribution in [1.29, 1.82) is 0 Å². The van der Waals surface area contributed by atoms with Crippen molar-refractivity contribution in [3.05, 3.63) is 133 Å². The van der Waals surface area contributed by atoms with E-state index in [1.165, 1.54) is 54.9 Å². The molecule has 0 nitrogen and oxygen atoms in total. The van der Waals surface area contributed by atoms with E-state index in [1.54, 1.807) is 0 Å². The second kappa shape index (κ2) is 7.83. The van der Waals surface area contributed by atoms with Crippen molar-refractivity contribution in [3.63, 3.8) is 0 Å². The Hall–Kier alpha value is -4.16. The van der Waals surface area contributed by atoms with Gasteiger partial charge in [-0.3, -0.25) is 0 Å². The van der Waals surface area contributed by atoms with Crippen LogP contribution in [0.4, 0.5) is 0 Å². The van der Waals surface area contributed by atoms with Crippen molar-refractivity contribution in [2.24, 2.45) is 0 Å². The topological polar surface area (TPSA) is 0 Å². The van der Waals surface area contributed by atoms with Gasteiger partial charge in [-0.25, -0.2) is 0 Å². The molecule has 0 heteroatoms. The van der Waals surface area contributed by atoms with E-state index >= 15 is 0 Å². The summed E-state index contributed by atoms with van der Waals surface area (Å²) < 4.78 is 0. The monoisotopic (exact) mass is 406 g/mol. The van der Waals surface area contributed by atoms with Gasteiger partial charge < -0.3 is 0 Å². The summed E-state index contributed by atoms with van der Waals surface area (Å²) in [7, 11) is 0. The molecule has 6 rings (SSSR count). The normalized spacial score (nSPS) is 11.1. The third-order valence-corrected chi connectivity index (χ3v) is 6.27. The molecule has 0 aliphatic carbocycles. The van der Waals surface area contributed by atoms with Gasteiger partial charge in [0.2, 0.25) is 0 Å². The summed E-state index contributed by atoms with van der Waals surface area (Å²) in [5, 5.41) is 5.16. The highest BCUT2D eigenvalue weighted by Crippen LogP contribution is 2.43. The molecule has 0 saturated carbocycles. The zero-order valence-corrected chi connectivity index (χ0v) is 17.7. The van der Waals surface area contributed by atoms with E-state index in [0.29, 0.717) is 0 Å². The highest BCUT2D eigenvalue weighted by molar-refractivity contribution is 6.21. The summed E-state index contributed by atoms with van der Waals surface area (Å²) in [6, 6.07) is 47.9. The van der Waals surface area contributed by atoms with Crippen molar-refractivity contribution < 1.29 is 0 Å². The fourth-order valence-corrected chi connectivity index (χ4v) is 4.82. The highest BCUT2D eigenvalue weighted by atomic mass is 14.2. The van der Waals surface area contributed by atoms with Crippen LogP contribution in [0.15, 0.2) is 133 Å². The molecule has 0 spiro atoms. The Morgan fingerprint density at radius 2 is 0.500 bits per heavy atom. The molecule has 0 amide bonds. The van der Waals surface area contributed by atoms with Crippen LogP contribution in [-0.4, -0.2) is 0 Å². The van der Waals surface area contributed by atoms with Crippen molar-refractivity contribution >= 4 is 21.5 Å². The first kappa shape index (κ1) is 18.6. The van der Waals surface area contributed by atoms with Crippen LogP contribution in [0.3, 0.4) is 0 Å². The number of rotatable bonds is 3. The van der Waals surface area contributed by atoms with Crippen LogP contribution in [0.1, 0.15) is 0 Å². The summed E-state index contributed by atoms with van der Waals surface area (Å²) in [5.74, 6) is 0. The predicted molar refractivity (Wildman–Crippen MR) is 138 cm³/mol. The molecular formula is C32H22. The molecule has 0 bridgehead atoms. The second-order valence-corrected chi connectivity index (χ2v) is 8.15. The van der Waals surface area contributed by atoms with E-state index in [4.69, 9.17) is 0 Å². The van der Waals surface area contributed by atoms with Crippen LogP contribution in [0.25, 0.3) is 54.9 Å². The lowest BCUT2D eigenvalue weighted by molar-refractivity contribution is 1.61. The number of hydrogen-bond acceptors (Lipinski definition) is 0. The fraction of sp³-hybridized carbons (Fsp3) is 0. The minimum absolute atomic E-state index is 1.24. The summed E-state index contributed by atoms with van der Waals surface area (Å²) in [6.07, 6.45) is 0. The molecule has 6 aromatic carbocycles. The third-order valence-electron chi connectivity index (χ3n) is 6.27. The number of fused-ring (bicyclic) bond motifs is 2. The Morgan fingerprint density at radius 1 is 0.219 bits per heavy atom. The van der Waals surface area contributed by atoms with Gasteiger partial charge in [0.15, 0.2) is 0 Å².